The number of carboxylic acids is 1. The zero-order chi connectivity index (χ0) is 12.0. The predicted octanol–water partition coefficient (Wildman–Crippen LogP) is 3.41. The van der Waals surface area contributed by atoms with Gasteiger partial charge in [-0.25, -0.2) is 0 Å². The van der Waals surface area contributed by atoms with E-state index in [0.29, 0.717) is 0 Å². The minimum atomic E-state index is -0.557. The Bertz CT molecular complexity index is 291. The minimum absolute atomic E-state index is 0.138. The molecule has 3 heteroatoms. The van der Waals surface area contributed by atoms with Gasteiger partial charge in [-0.2, -0.15) is 0 Å². The lowest BCUT2D eigenvalue weighted by Crippen LogP contribution is -2.52. The molecule has 0 aliphatic heterocycles. The van der Waals surface area contributed by atoms with Gasteiger partial charge in [-0.05, 0) is 67.4 Å². The van der Waals surface area contributed by atoms with Crippen molar-refractivity contribution in [1.29, 1.82) is 0 Å². The Kier molecular flexibility index (Phi) is 2.92. The highest BCUT2D eigenvalue weighted by molar-refractivity contribution is 8.00. The summed E-state index contributed by atoms with van der Waals surface area (Å²) in [5, 5.41) is 9.41. The van der Waals surface area contributed by atoms with Crippen molar-refractivity contribution in [1.82, 2.24) is 0 Å². The first kappa shape index (κ1) is 11.9. The van der Waals surface area contributed by atoms with Crippen LogP contribution in [0, 0.1) is 23.2 Å². The Hall–Kier alpha value is -0.180. The Morgan fingerprint density at radius 1 is 1.24 bits per heavy atom. The van der Waals surface area contributed by atoms with E-state index in [9.17, 15) is 9.90 Å². The van der Waals surface area contributed by atoms with Gasteiger partial charge in [0.1, 0.15) is 5.25 Å². The van der Waals surface area contributed by atoms with Crippen LogP contribution in [0.1, 0.15) is 45.4 Å². The number of thioether (sulfide) groups is 1. The van der Waals surface area contributed by atoms with Gasteiger partial charge in [-0.1, -0.05) is 6.92 Å². The van der Waals surface area contributed by atoms with Gasteiger partial charge in [0.2, 0.25) is 0 Å². The van der Waals surface area contributed by atoms with Crippen LogP contribution in [0.15, 0.2) is 0 Å². The van der Waals surface area contributed by atoms with Crippen molar-refractivity contribution in [2.24, 2.45) is 23.2 Å². The van der Waals surface area contributed by atoms with E-state index in [2.05, 4.69) is 6.92 Å². The first-order chi connectivity index (χ1) is 8.13. The molecule has 2 nitrogen and oxygen atoms in total. The summed E-state index contributed by atoms with van der Waals surface area (Å²) in [6.45, 7) is 2.08. The van der Waals surface area contributed by atoms with Gasteiger partial charge < -0.3 is 5.11 Å². The molecular formula is C14H22O2S. The van der Waals surface area contributed by atoms with Gasteiger partial charge in [-0.3, -0.25) is 4.79 Å². The van der Waals surface area contributed by atoms with Crippen molar-refractivity contribution >= 4 is 17.7 Å². The maximum absolute atomic E-state index is 11.6. The summed E-state index contributed by atoms with van der Waals surface area (Å²) in [5.74, 6) is 2.92. The molecule has 4 fully saturated rings. The number of aliphatic carboxylic acids is 1. The number of carbonyl (C=O) groups is 1. The summed E-state index contributed by atoms with van der Waals surface area (Å²) in [4.78, 5) is 11.6. The van der Waals surface area contributed by atoms with Crippen molar-refractivity contribution in [3.63, 3.8) is 0 Å². The van der Waals surface area contributed by atoms with E-state index in [-0.39, 0.29) is 10.7 Å². The van der Waals surface area contributed by atoms with Gasteiger partial charge in [0.05, 0.1) is 0 Å². The second-order valence-electron chi connectivity index (χ2n) is 6.45. The molecule has 96 valence electrons. The second-order valence-corrected chi connectivity index (χ2v) is 7.84. The Morgan fingerprint density at radius 2 is 1.71 bits per heavy atom. The van der Waals surface area contributed by atoms with Gasteiger partial charge in [0, 0.05) is 0 Å². The molecular weight excluding hydrogens is 232 g/mol. The zero-order valence-corrected chi connectivity index (χ0v) is 11.3. The van der Waals surface area contributed by atoms with E-state index in [1.165, 1.54) is 38.5 Å². The Labute approximate surface area is 108 Å². The maximum Gasteiger partial charge on any atom is 0.317 e. The van der Waals surface area contributed by atoms with Crippen LogP contribution in [0.2, 0.25) is 0 Å². The molecule has 0 spiro atoms. The molecule has 0 heterocycles. The zero-order valence-electron chi connectivity index (χ0n) is 10.5. The van der Waals surface area contributed by atoms with Gasteiger partial charge in [0.25, 0.3) is 0 Å². The normalized spacial score (nSPS) is 44.9. The average Bonchev–Trinajstić information content (AvgIpc) is 2.23. The highest BCUT2D eigenvalue weighted by Crippen LogP contribution is 2.62. The Balaban J connectivity index is 1.87. The van der Waals surface area contributed by atoms with Crippen LogP contribution in [0.3, 0.4) is 0 Å². The third-order valence-corrected chi connectivity index (χ3v) is 6.57. The van der Waals surface area contributed by atoms with Crippen LogP contribution in [0.4, 0.5) is 0 Å². The quantitative estimate of drug-likeness (QED) is 0.835. The van der Waals surface area contributed by atoms with E-state index < -0.39 is 5.97 Å². The van der Waals surface area contributed by atoms with Gasteiger partial charge in [-0.15, -0.1) is 11.8 Å². The molecule has 0 saturated heterocycles. The Morgan fingerprint density at radius 3 is 2.06 bits per heavy atom. The van der Waals surface area contributed by atoms with Crippen LogP contribution in [0.25, 0.3) is 0 Å². The van der Waals surface area contributed by atoms with Crippen molar-refractivity contribution in [2.45, 2.75) is 50.7 Å². The maximum atomic E-state index is 11.6. The molecule has 4 aliphatic carbocycles. The third kappa shape index (κ3) is 1.91. The molecule has 0 aromatic rings. The van der Waals surface area contributed by atoms with Crippen molar-refractivity contribution in [2.75, 3.05) is 5.75 Å². The smallest absolute Gasteiger partial charge is 0.317 e. The first-order valence-electron chi connectivity index (χ1n) is 6.97. The summed E-state index contributed by atoms with van der Waals surface area (Å²) < 4.78 is 0. The molecule has 0 radical (unpaired) electrons. The molecule has 17 heavy (non-hydrogen) atoms. The van der Waals surface area contributed by atoms with E-state index in [4.69, 9.17) is 0 Å². The fourth-order valence-corrected chi connectivity index (χ4v) is 6.29. The lowest BCUT2D eigenvalue weighted by molar-refractivity contribution is -0.144. The summed E-state index contributed by atoms with van der Waals surface area (Å²) >= 11 is 1.67. The number of carboxylic acid groups (broad SMARTS) is 1. The number of rotatable bonds is 4. The van der Waals surface area contributed by atoms with Crippen LogP contribution in [0.5, 0.6) is 0 Å². The molecule has 4 rings (SSSR count). The molecule has 1 atom stereocenters. The van der Waals surface area contributed by atoms with Crippen molar-refractivity contribution < 1.29 is 9.90 Å². The lowest BCUT2D eigenvalue weighted by atomic mass is 9.48. The van der Waals surface area contributed by atoms with Gasteiger partial charge >= 0.3 is 5.97 Å². The van der Waals surface area contributed by atoms with E-state index in [1.807, 2.05) is 0 Å². The monoisotopic (exact) mass is 254 g/mol. The third-order valence-electron chi connectivity index (χ3n) is 5.20. The van der Waals surface area contributed by atoms with Crippen LogP contribution in [-0.4, -0.2) is 22.1 Å². The van der Waals surface area contributed by atoms with Crippen molar-refractivity contribution in [3.8, 4) is 0 Å². The summed E-state index contributed by atoms with van der Waals surface area (Å²) in [6, 6.07) is 0. The van der Waals surface area contributed by atoms with Crippen LogP contribution >= 0.6 is 11.8 Å². The van der Waals surface area contributed by atoms with E-state index in [1.54, 1.807) is 11.8 Å². The molecule has 1 unspecified atom stereocenters. The molecule has 0 amide bonds. The predicted molar refractivity (Wildman–Crippen MR) is 70.2 cm³/mol. The number of hydrogen-bond donors (Lipinski definition) is 1. The fraction of sp³-hybridized carbons (Fsp3) is 0.929. The summed E-state index contributed by atoms with van der Waals surface area (Å²) in [7, 11) is 0. The highest BCUT2D eigenvalue weighted by atomic mass is 32.2. The van der Waals surface area contributed by atoms with Gasteiger partial charge in [0.15, 0.2) is 0 Å². The topological polar surface area (TPSA) is 37.3 Å². The molecule has 4 aliphatic rings. The highest BCUT2D eigenvalue weighted by Gasteiger charge is 2.56. The van der Waals surface area contributed by atoms with Crippen LogP contribution < -0.4 is 0 Å². The SMILES string of the molecule is CCSC(C(=O)O)C12CC3CC(CC(C3)C1)C2. The minimum Gasteiger partial charge on any atom is -0.480 e. The second kappa shape index (κ2) is 4.18. The molecule has 4 saturated carbocycles. The molecule has 4 bridgehead atoms. The van der Waals surface area contributed by atoms with Crippen LogP contribution in [-0.2, 0) is 4.79 Å². The standard InChI is InChI=1S/C14H22O2S/c1-2-17-12(13(15)16)14-6-9-3-10(7-14)5-11(4-9)8-14/h9-12H,2-8H2,1H3,(H,15,16). The summed E-state index contributed by atoms with van der Waals surface area (Å²) in [5.41, 5.74) is 0.154. The van der Waals surface area contributed by atoms with E-state index in [0.717, 1.165) is 23.5 Å². The first-order valence-corrected chi connectivity index (χ1v) is 8.02. The summed E-state index contributed by atoms with van der Waals surface area (Å²) in [6.07, 6.45) is 7.77. The van der Waals surface area contributed by atoms with Crippen molar-refractivity contribution in [3.05, 3.63) is 0 Å². The lowest BCUT2D eigenvalue weighted by Gasteiger charge is -2.58. The fourth-order valence-electron chi connectivity index (χ4n) is 5.18. The number of hydrogen-bond acceptors (Lipinski definition) is 2. The molecule has 0 aromatic carbocycles. The van der Waals surface area contributed by atoms with E-state index >= 15 is 0 Å². The average molecular weight is 254 g/mol. The molecule has 0 aromatic heterocycles. The largest absolute Gasteiger partial charge is 0.480 e. The molecule has 1 N–H and O–H groups in total.